The highest BCUT2D eigenvalue weighted by atomic mass is 35.5. The van der Waals surface area contributed by atoms with Crippen LogP contribution in [-0.4, -0.2) is 51.9 Å². The van der Waals surface area contributed by atoms with Gasteiger partial charge in [0.15, 0.2) is 40.3 Å². The molecule has 244 valence electrons. The molecule has 10 nitrogen and oxygen atoms in total. The lowest BCUT2D eigenvalue weighted by Crippen LogP contribution is -2.21. The maximum atomic E-state index is 13.0. The lowest BCUT2D eigenvalue weighted by atomic mass is 10.0. The first-order valence-corrected chi connectivity index (χ1v) is 16.3. The summed E-state index contributed by atoms with van der Waals surface area (Å²) in [6.45, 7) is -3.49. The number of ether oxygens (including phenoxy) is 4. The van der Waals surface area contributed by atoms with E-state index in [0.717, 1.165) is 19.1 Å². The first-order chi connectivity index (χ1) is 20.9. The molecule has 0 unspecified atom stereocenters. The van der Waals surface area contributed by atoms with Gasteiger partial charge in [0.1, 0.15) is 16.1 Å². The summed E-state index contributed by atoms with van der Waals surface area (Å²) in [6.07, 6.45) is 4.81. The molecule has 3 aromatic rings. The molecule has 1 aromatic heterocycles. The van der Waals surface area contributed by atoms with Gasteiger partial charge in [0.2, 0.25) is 0 Å². The van der Waals surface area contributed by atoms with E-state index in [9.17, 15) is 26.8 Å². The number of carbonyl (C=O) groups excluding carboxylic acids is 2. The minimum Gasteiger partial charge on any atom is -0.870 e. The van der Waals surface area contributed by atoms with E-state index < -0.39 is 41.1 Å². The molecular formula is C30H31Cl2F2NO9S. The standard InChI is InChI=1S/C30H29Cl2F2NO8S.H2O/c1-44(38,39)17-20-4-2-3-19(9-20)10-28(36)41-16-29(37)42-26(12-22-23(31)13-35-14-24(22)32)21-7-8-25(43-30(33)34)27(11-21)40-15-18-5-6-18;/h2-4,7-9,11,13-14,18,26,30H,5-6,10,12,15-17H2,1H3;1H2/t26-;/m0./s1. The number of H-pyrrole nitrogens is 1. The summed E-state index contributed by atoms with van der Waals surface area (Å²) < 4.78 is 70.5. The molecule has 0 bridgehead atoms. The Labute approximate surface area is 268 Å². The second-order valence-corrected chi connectivity index (χ2v) is 13.3. The van der Waals surface area contributed by atoms with Gasteiger partial charge < -0.3 is 24.4 Å². The summed E-state index contributed by atoms with van der Waals surface area (Å²) in [5.74, 6) is -1.60. The van der Waals surface area contributed by atoms with Crippen molar-refractivity contribution in [2.24, 2.45) is 5.92 Å². The van der Waals surface area contributed by atoms with Gasteiger partial charge in [-0.25, -0.2) is 18.2 Å². The first-order valence-electron chi connectivity index (χ1n) is 13.5. The van der Waals surface area contributed by atoms with Crippen molar-refractivity contribution in [2.75, 3.05) is 19.5 Å². The maximum Gasteiger partial charge on any atom is 0.387 e. The number of hydrogen-bond donors (Lipinski definition) is 0. The topological polar surface area (TPSA) is 149 Å². The SMILES string of the molecule is CS(=O)(=O)Cc1cccc(CC(=O)OCC(=O)O[C@@H](Cc2c(Cl)c[nH+]cc2Cl)c2ccc(OC(F)F)c(OCC3CC3)c2)c1.[OH-]. The molecule has 1 atom stereocenters. The predicted octanol–water partition coefficient (Wildman–Crippen LogP) is 5.18. The average molecular weight is 691 g/mol. The Morgan fingerprint density at radius 2 is 1.69 bits per heavy atom. The van der Waals surface area contributed by atoms with Crippen molar-refractivity contribution in [3.63, 3.8) is 0 Å². The summed E-state index contributed by atoms with van der Waals surface area (Å²) in [5, 5.41) is 0.539. The molecule has 15 heteroatoms. The van der Waals surface area contributed by atoms with Crippen molar-refractivity contribution < 1.29 is 56.2 Å². The number of halogens is 4. The van der Waals surface area contributed by atoms with Crippen molar-refractivity contribution in [2.45, 2.75) is 44.2 Å². The molecule has 0 saturated heterocycles. The Morgan fingerprint density at radius 1 is 1.00 bits per heavy atom. The van der Waals surface area contributed by atoms with Gasteiger partial charge in [0, 0.05) is 18.2 Å². The third kappa shape index (κ3) is 11.7. The molecule has 2 N–H and O–H groups in total. The minimum atomic E-state index is -3.27. The molecule has 1 fully saturated rings. The van der Waals surface area contributed by atoms with Gasteiger partial charge in [-0.15, -0.1) is 0 Å². The molecule has 4 rings (SSSR count). The van der Waals surface area contributed by atoms with E-state index in [1.165, 1.54) is 30.6 Å². The number of pyridine rings is 1. The van der Waals surface area contributed by atoms with E-state index in [0.29, 0.717) is 34.8 Å². The smallest absolute Gasteiger partial charge is 0.387 e. The lowest BCUT2D eigenvalue weighted by molar-refractivity contribution is -0.377. The van der Waals surface area contributed by atoms with Crippen molar-refractivity contribution in [1.82, 2.24) is 0 Å². The van der Waals surface area contributed by atoms with Crippen molar-refractivity contribution >= 4 is 45.0 Å². The van der Waals surface area contributed by atoms with Crippen LogP contribution in [0.5, 0.6) is 11.5 Å². The molecular weight excluding hydrogens is 659 g/mol. The average Bonchev–Trinajstić information content (AvgIpc) is 3.76. The van der Waals surface area contributed by atoms with Gasteiger partial charge >= 0.3 is 18.6 Å². The van der Waals surface area contributed by atoms with E-state index in [-0.39, 0.29) is 45.6 Å². The first kappa shape index (κ1) is 36.0. The van der Waals surface area contributed by atoms with Crippen LogP contribution in [-0.2, 0) is 47.5 Å². The van der Waals surface area contributed by atoms with Crippen molar-refractivity contribution in [3.8, 4) is 11.5 Å². The van der Waals surface area contributed by atoms with E-state index in [1.54, 1.807) is 24.3 Å². The number of hydrogen-bond acceptors (Lipinski definition) is 9. The fourth-order valence-electron chi connectivity index (χ4n) is 4.29. The zero-order chi connectivity index (χ0) is 31.9. The number of sulfone groups is 1. The number of alkyl halides is 2. The fourth-order valence-corrected chi connectivity index (χ4v) is 5.61. The Bertz CT molecular complexity index is 1580. The van der Waals surface area contributed by atoms with Crippen molar-refractivity contribution in [3.05, 3.63) is 87.2 Å². The molecule has 1 aliphatic rings. The summed E-state index contributed by atoms with van der Waals surface area (Å²) >= 11 is 12.7. The van der Waals surface area contributed by atoms with Gasteiger partial charge in [0.25, 0.3) is 0 Å². The van der Waals surface area contributed by atoms with Gasteiger partial charge in [0.05, 0.1) is 18.8 Å². The zero-order valence-corrected chi connectivity index (χ0v) is 26.3. The number of aromatic amines is 1. The normalized spacial score (nSPS) is 13.5. The summed E-state index contributed by atoms with van der Waals surface area (Å²) in [5.41, 5.74) is 1.85. The van der Waals surface area contributed by atoms with E-state index in [2.05, 4.69) is 9.72 Å². The molecule has 0 amide bonds. The summed E-state index contributed by atoms with van der Waals surface area (Å²) in [6, 6.07) is 10.7. The van der Waals surface area contributed by atoms with Gasteiger partial charge in [-0.2, -0.15) is 8.78 Å². The highest BCUT2D eigenvalue weighted by Gasteiger charge is 2.26. The van der Waals surface area contributed by atoms with Crippen LogP contribution < -0.4 is 14.5 Å². The third-order valence-corrected chi connectivity index (χ3v) is 8.04. The van der Waals surface area contributed by atoms with E-state index >= 15 is 0 Å². The number of rotatable bonds is 15. The number of carbonyl (C=O) groups is 2. The molecule has 1 saturated carbocycles. The molecule has 0 aliphatic heterocycles. The van der Waals surface area contributed by atoms with E-state index in [1.807, 2.05) is 0 Å². The third-order valence-electron chi connectivity index (χ3n) is 6.51. The van der Waals surface area contributed by atoms with Gasteiger partial charge in [-0.3, -0.25) is 4.79 Å². The van der Waals surface area contributed by atoms with Crippen LogP contribution in [0.25, 0.3) is 0 Å². The number of aromatic nitrogens is 1. The molecule has 0 spiro atoms. The number of benzene rings is 2. The highest BCUT2D eigenvalue weighted by molar-refractivity contribution is 7.89. The molecule has 2 aromatic carbocycles. The highest BCUT2D eigenvalue weighted by Crippen LogP contribution is 2.37. The minimum absolute atomic E-state index is 0. The van der Waals surface area contributed by atoms with Gasteiger partial charge in [-0.1, -0.05) is 53.5 Å². The molecule has 0 radical (unpaired) electrons. The summed E-state index contributed by atoms with van der Waals surface area (Å²) in [4.78, 5) is 28.1. The quantitative estimate of drug-likeness (QED) is 0.197. The monoisotopic (exact) mass is 689 g/mol. The van der Waals surface area contributed by atoms with Gasteiger partial charge in [-0.05, 0) is 47.6 Å². The van der Waals surface area contributed by atoms with Crippen LogP contribution in [0.15, 0.2) is 54.9 Å². The Balaban J connectivity index is 0.00000552. The maximum absolute atomic E-state index is 13.0. The predicted molar refractivity (Wildman–Crippen MR) is 158 cm³/mol. The van der Waals surface area contributed by atoms with Crippen LogP contribution >= 0.6 is 23.2 Å². The van der Waals surface area contributed by atoms with Crippen LogP contribution in [0.4, 0.5) is 8.78 Å². The second kappa shape index (κ2) is 16.2. The fraction of sp³-hybridized carbons (Fsp3) is 0.367. The van der Waals surface area contributed by atoms with Crippen LogP contribution in [0, 0.1) is 5.92 Å². The van der Waals surface area contributed by atoms with Crippen molar-refractivity contribution in [1.29, 1.82) is 0 Å². The number of esters is 2. The Morgan fingerprint density at radius 3 is 2.33 bits per heavy atom. The number of nitrogens with one attached hydrogen (secondary N) is 1. The lowest BCUT2D eigenvalue weighted by Gasteiger charge is -2.21. The van der Waals surface area contributed by atoms with E-state index in [4.69, 9.17) is 37.4 Å². The summed E-state index contributed by atoms with van der Waals surface area (Å²) in [7, 11) is -3.27. The van der Waals surface area contributed by atoms with Crippen LogP contribution in [0.1, 0.15) is 41.2 Å². The zero-order valence-electron chi connectivity index (χ0n) is 24.0. The molecule has 45 heavy (non-hydrogen) atoms. The largest absolute Gasteiger partial charge is 0.870 e. The Hall–Kier alpha value is -3.52. The Kier molecular flexibility index (Phi) is 12.9. The van der Waals surface area contributed by atoms with Crippen LogP contribution in [0.2, 0.25) is 10.0 Å². The second-order valence-electron chi connectivity index (χ2n) is 10.4. The molecule has 1 heterocycles. The van der Waals surface area contributed by atoms with Crippen LogP contribution in [0.3, 0.4) is 0 Å². The molecule has 1 aliphatic carbocycles.